The molecule has 0 rings (SSSR count). The van der Waals surface area contributed by atoms with Gasteiger partial charge in [0.1, 0.15) is 0 Å². The average Bonchev–Trinajstić information content (AvgIpc) is 2.18. The highest BCUT2D eigenvalue weighted by atomic mass is 16.6. The molecule has 0 saturated heterocycles. The molecule has 0 aromatic heterocycles. The normalized spacial score (nSPS) is 13.1. The van der Waals surface area contributed by atoms with Crippen LogP contribution in [-0.2, 0) is 14.3 Å². The number of aliphatic hydroxyl groups is 1. The molecule has 0 aromatic carbocycles. The molecule has 0 unspecified atom stereocenters. The topological polar surface area (TPSA) is 120 Å². The molecule has 5 N–H and O–H groups in total. The average molecular weight is 217 g/mol. The van der Waals surface area contributed by atoms with Crippen molar-refractivity contribution in [3.05, 3.63) is 11.5 Å². The van der Waals surface area contributed by atoms with Crippen molar-refractivity contribution in [2.45, 2.75) is 13.8 Å². The number of nitrogens with two attached hydrogens (primary N) is 2. The van der Waals surface area contributed by atoms with Gasteiger partial charge in [-0.1, -0.05) is 0 Å². The summed E-state index contributed by atoms with van der Waals surface area (Å²) in [6.07, 6.45) is 0. The summed E-state index contributed by atoms with van der Waals surface area (Å²) < 4.78 is 9.35. The van der Waals surface area contributed by atoms with Crippen LogP contribution in [0.2, 0.25) is 0 Å². The van der Waals surface area contributed by atoms with Gasteiger partial charge in [0.25, 0.3) is 5.95 Å². The van der Waals surface area contributed by atoms with Gasteiger partial charge in [-0.25, -0.2) is 4.79 Å². The Bertz CT molecular complexity index is 286. The maximum absolute atomic E-state index is 11.3. The van der Waals surface area contributed by atoms with Crippen molar-refractivity contribution in [3.8, 4) is 0 Å². The zero-order valence-electron chi connectivity index (χ0n) is 8.69. The van der Waals surface area contributed by atoms with Gasteiger partial charge >= 0.3 is 5.97 Å². The molecular weight excluding hydrogens is 202 g/mol. The second-order valence-electron chi connectivity index (χ2n) is 2.35. The van der Waals surface area contributed by atoms with Crippen LogP contribution >= 0.6 is 0 Å². The lowest BCUT2D eigenvalue weighted by Crippen LogP contribution is -2.26. The molecule has 0 fully saturated rings. The van der Waals surface area contributed by atoms with Crippen molar-refractivity contribution in [2.75, 3.05) is 13.2 Å². The Balaban J connectivity index is 5.05. The fourth-order valence-corrected chi connectivity index (χ4v) is 0.778. The Hall–Kier alpha value is -1.92. The number of nitrogens with zero attached hydrogens (tertiary/aromatic N) is 1. The van der Waals surface area contributed by atoms with Gasteiger partial charge in [-0.15, -0.1) is 0 Å². The first-order valence-corrected chi connectivity index (χ1v) is 4.35. The summed E-state index contributed by atoms with van der Waals surface area (Å²) in [6.45, 7) is 3.56. The number of hydrogen-bond donors (Lipinski definition) is 3. The zero-order valence-corrected chi connectivity index (χ0v) is 8.69. The summed E-state index contributed by atoms with van der Waals surface area (Å²) in [7, 11) is 0. The number of hydrazone groups is 1. The molecule has 0 radical (unpaired) electrons. The first-order chi connectivity index (χ1) is 7.08. The number of rotatable bonds is 5. The van der Waals surface area contributed by atoms with Crippen molar-refractivity contribution < 1.29 is 19.4 Å². The quantitative estimate of drug-likeness (QED) is 0.109. The van der Waals surface area contributed by atoms with Crippen molar-refractivity contribution in [2.24, 2.45) is 16.7 Å². The third kappa shape index (κ3) is 3.75. The standard InChI is InChI=1S/C8H15N3O4/c1-3-14-7(12)5(6(9)11-10)8(13)15-4-2/h12H,3-4,10H2,1-2H3,(H2,9,11)/b7-5-. The molecule has 0 amide bonds. The molecule has 0 aliphatic heterocycles. The van der Waals surface area contributed by atoms with E-state index in [0.717, 1.165) is 0 Å². The highest BCUT2D eigenvalue weighted by molar-refractivity contribution is 6.18. The van der Waals surface area contributed by atoms with Crippen LogP contribution in [0.4, 0.5) is 0 Å². The van der Waals surface area contributed by atoms with E-state index in [1.54, 1.807) is 13.8 Å². The number of aliphatic hydroxyl groups excluding tert-OH is 1. The minimum absolute atomic E-state index is 0.138. The van der Waals surface area contributed by atoms with E-state index in [1.807, 2.05) is 0 Å². The van der Waals surface area contributed by atoms with Gasteiger partial charge in [0.2, 0.25) is 0 Å². The molecular formula is C8H15N3O4. The van der Waals surface area contributed by atoms with E-state index < -0.39 is 11.9 Å². The molecule has 0 aliphatic rings. The van der Waals surface area contributed by atoms with E-state index in [1.165, 1.54) is 0 Å². The summed E-state index contributed by atoms with van der Waals surface area (Å²) in [5, 5.41) is 12.4. The number of carbonyl (C=O) groups is 1. The maximum atomic E-state index is 11.3. The summed E-state index contributed by atoms with van der Waals surface area (Å²) in [5.74, 6) is 3.06. The Morgan fingerprint density at radius 3 is 2.27 bits per heavy atom. The number of amidine groups is 1. The lowest BCUT2D eigenvalue weighted by atomic mass is 10.2. The number of esters is 1. The third-order valence-electron chi connectivity index (χ3n) is 1.37. The molecule has 0 saturated carbocycles. The molecule has 15 heavy (non-hydrogen) atoms. The first kappa shape index (κ1) is 13.1. The fraction of sp³-hybridized carbons (Fsp3) is 0.500. The van der Waals surface area contributed by atoms with Crippen molar-refractivity contribution in [1.29, 1.82) is 0 Å². The van der Waals surface area contributed by atoms with Crippen LogP contribution in [0.1, 0.15) is 13.8 Å². The molecule has 7 nitrogen and oxygen atoms in total. The monoisotopic (exact) mass is 217 g/mol. The summed E-state index contributed by atoms with van der Waals surface area (Å²) in [5.41, 5.74) is 4.93. The fourth-order valence-electron chi connectivity index (χ4n) is 0.778. The molecule has 0 bridgehead atoms. The molecule has 86 valence electrons. The molecule has 0 atom stereocenters. The van der Waals surface area contributed by atoms with Crippen molar-refractivity contribution in [3.63, 3.8) is 0 Å². The largest absolute Gasteiger partial charge is 0.480 e. The minimum atomic E-state index is -0.838. The Morgan fingerprint density at radius 2 is 1.87 bits per heavy atom. The SMILES string of the molecule is CCOC(=O)C(/C(N)=N/N)=C(/O)OCC. The van der Waals surface area contributed by atoms with Gasteiger partial charge in [-0.3, -0.25) is 0 Å². The number of hydrogen-bond acceptors (Lipinski definition) is 6. The van der Waals surface area contributed by atoms with Crippen molar-refractivity contribution >= 4 is 11.8 Å². The van der Waals surface area contributed by atoms with Crippen molar-refractivity contribution in [1.82, 2.24) is 0 Å². The highest BCUT2D eigenvalue weighted by Gasteiger charge is 2.22. The second kappa shape index (κ2) is 6.52. The molecule has 0 spiro atoms. The van der Waals surface area contributed by atoms with Crippen LogP contribution < -0.4 is 11.6 Å². The lowest BCUT2D eigenvalue weighted by molar-refractivity contribution is -0.138. The highest BCUT2D eigenvalue weighted by Crippen LogP contribution is 2.06. The van der Waals surface area contributed by atoms with Crippen LogP contribution in [0.25, 0.3) is 0 Å². The van der Waals surface area contributed by atoms with Crippen LogP contribution in [0.15, 0.2) is 16.6 Å². The number of ether oxygens (including phenoxy) is 2. The molecule has 0 heterocycles. The van der Waals surface area contributed by atoms with Crippen LogP contribution in [-0.4, -0.2) is 30.1 Å². The smallest absolute Gasteiger partial charge is 0.349 e. The first-order valence-electron chi connectivity index (χ1n) is 4.35. The van der Waals surface area contributed by atoms with Gasteiger partial charge in [0.05, 0.1) is 13.2 Å². The second-order valence-corrected chi connectivity index (χ2v) is 2.35. The zero-order chi connectivity index (χ0) is 11.8. The summed E-state index contributed by atoms with van der Waals surface area (Å²) in [6, 6.07) is 0. The van der Waals surface area contributed by atoms with Crippen LogP contribution in [0.3, 0.4) is 0 Å². The summed E-state index contributed by atoms with van der Waals surface area (Å²) in [4.78, 5) is 11.3. The van der Waals surface area contributed by atoms with E-state index in [9.17, 15) is 9.90 Å². The van der Waals surface area contributed by atoms with Gasteiger partial charge in [0, 0.05) is 0 Å². The van der Waals surface area contributed by atoms with Gasteiger partial charge in [0.15, 0.2) is 11.4 Å². The van der Waals surface area contributed by atoms with Gasteiger partial charge in [-0.2, -0.15) is 5.10 Å². The van der Waals surface area contributed by atoms with E-state index in [4.69, 9.17) is 16.3 Å². The predicted molar refractivity (Wildman–Crippen MR) is 53.7 cm³/mol. The maximum Gasteiger partial charge on any atom is 0.349 e. The van der Waals surface area contributed by atoms with Crippen LogP contribution in [0, 0.1) is 0 Å². The van der Waals surface area contributed by atoms with E-state index in [2.05, 4.69) is 9.84 Å². The molecule has 7 heteroatoms. The molecule has 0 aromatic rings. The third-order valence-corrected chi connectivity index (χ3v) is 1.37. The van der Waals surface area contributed by atoms with Gasteiger partial charge in [-0.05, 0) is 13.8 Å². The number of carbonyl (C=O) groups excluding carboxylic acids is 1. The summed E-state index contributed by atoms with van der Waals surface area (Å²) >= 11 is 0. The molecule has 0 aliphatic carbocycles. The Labute approximate surface area is 87.3 Å². The minimum Gasteiger partial charge on any atom is -0.480 e. The van der Waals surface area contributed by atoms with E-state index in [0.29, 0.717) is 0 Å². The van der Waals surface area contributed by atoms with E-state index in [-0.39, 0.29) is 24.6 Å². The predicted octanol–water partition coefficient (Wildman–Crippen LogP) is -0.413. The van der Waals surface area contributed by atoms with Crippen LogP contribution in [0.5, 0.6) is 0 Å². The van der Waals surface area contributed by atoms with E-state index >= 15 is 0 Å². The Kier molecular flexibility index (Phi) is 5.69. The lowest BCUT2D eigenvalue weighted by Gasteiger charge is -2.08. The van der Waals surface area contributed by atoms with Gasteiger partial charge < -0.3 is 26.2 Å². The Morgan fingerprint density at radius 1 is 1.33 bits per heavy atom.